The van der Waals surface area contributed by atoms with Gasteiger partial charge in [0.05, 0.1) is 21.6 Å². The summed E-state index contributed by atoms with van der Waals surface area (Å²) in [6.45, 7) is 0. The Balaban J connectivity index is 3.70. The molecular formula is C9H4BrF6NO2. The molecule has 0 aromatic heterocycles. The summed E-state index contributed by atoms with van der Waals surface area (Å²) in [5, 5.41) is 10.0. The van der Waals surface area contributed by atoms with Crippen LogP contribution in [0.4, 0.5) is 32.0 Å². The third-order valence-corrected chi connectivity index (χ3v) is 2.75. The first kappa shape index (κ1) is 15.7. The highest BCUT2D eigenvalue weighted by atomic mass is 79.9. The topological polar surface area (TPSA) is 43.1 Å². The predicted octanol–water partition coefficient (Wildman–Crippen LogP) is 4.53. The first-order valence-electron chi connectivity index (χ1n) is 4.50. The van der Waals surface area contributed by atoms with Crippen LogP contribution in [0.25, 0.3) is 0 Å². The zero-order chi connectivity index (χ0) is 15.0. The summed E-state index contributed by atoms with van der Waals surface area (Å²) < 4.78 is 75.2. The van der Waals surface area contributed by atoms with Crippen molar-refractivity contribution in [2.75, 3.05) is 0 Å². The SMILES string of the molecule is O=[N+]([O-])c1cc(C(F)(F)F)cc(C(F)(F)F)c1CBr. The molecule has 19 heavy (non-hydrogen) atoms. The molecule has 0 spiro atoms. The van der Waals surface area contributed by atoms with E-state index in [2.05, 4.69) is 15.9 Å². The molecular weight excluding hydrogens is 348 g/mol. The number of benzene rings is 1. The molecule has 0 unspecified atom stereocenters. The Morgan fingerprint density at radius 2 is 1.63 bits per heavy atom. The van der Waals surface area contributed by atoms with Crippen LogP contribution in [0.2, 0.25) is 0 Å². The summed E-state index contributed by atoms with van der Waals surface area (Å²) in [5.74, 6) is 0. The summed E-state index contributed by atoms with van der Waals surface area (Å²) in [6.07, 6.45) is -10.2. The van der Waals surface area contributed by atoms with E-state index in [1.165, 1.54) is 0 Å². The molecule has 1 rings (SSSR count). The van der Waals surface area contributed by atoms with Crippen LogP contribution in [-0.2, 0) is 17.7 Å². The second-order valence-corrected chi connectivity index (χ2v) is 3.97. The average Bonchev–Trinajstić information content (AvgIpc) is 2.24. The molecule has 0 aliphatic carbocycles. The van der Waals surface area contributed by atoms with Gasteiger partial charge in [-0.05, 0) is 6.07 Å². The van der Waals surface area contributed by atoms with Crippen molar-refractivity contribution in [3.8, 4) is 0 Å². The van der Waals surface area contributed by atoms with Gasteiger partial charge in [0.15, 0.2) is 0 Å². The molecule has 0 saturated heterocycles. The van der Waals surface area contributed by atoms with Crippen molar-refractivity contribution in [3.63, 3.8) is 0 Å². The van der Waals surface area contributed by atoms with E-state index in [1.54, 1.807) is 0 Å². The third kappa shape index (κ3) is 3.37. The fourth-order valence-corrected chi connectivity index (χ4v) is 1.97. The Morgan fingerprint density at radius 3 is 1.95 bits per heavy atom. The van der Waals surface area contributed by atoms with Gasteiger partial charge in [-0.1, -0.05) is 15.9 Å². The molecule has 1 aromatic rings. The van der Waals surface area contributed by atoms with Crippen molar-refractivity contribution in [2.45, 2.75) is 17.7 Å². The number of nitrogens with zero attached hydrogens (tertiary/aromatic N) is 1. The maximum atomic E-state index is 12.6. The van der Waals surface area contributed by atoms with Crippen LogP contribution < -0.4 is 0 Å². The minimum atomic E-state index is -5.12. The summed E-state index contributed by atoms with van der Waals surface area (Å²) in [4.78, 5) is 9.31. The molecule has 0 atom stereocenters. The zero-order valence-electron chi connectivity index (χ0n) is 8.77. The van der Waals surface area contributed by atoms with Gasteiger partial charge in [0.1, 0.15) is 0 Å². The van der Waals surface area contributed by atoms with E-state index in [4.69, 9.17) is 0 Å². The third-order valence-electron chi connectivity index (χ3n) is 2.19. The molecule has 0 bridgehead atoms. The van der Waals surface area contributed by atoms with Gasteiger partial charge in [0.25, 0.3) is 5.69 Å². The van der Waals surface area contributed by atoms with Crippen molar-refractivity contribution >= 4 is 21.6 Å². The second kappa shape index (κ2) is 4.99. The minimum absolute atomic E-state index is 0.0891. The van der Waals surface area contributed by atoms with E-state index < -0.39 is 45.0 Å². The van der Waals surface area contributed by atoms with Crippen LogP contribution in [0.15, 0.2) is 12.1 Å². The highest BCUT2D eigenvalue weighted by Gasteiger charge is 2.41. The van der Waals surface area contributed by atoms with Gasteiger partial charge in [-0.25, -0.2) is 0 Å². The number of nitro groups is 1. The molecule has 0 aliphatic heterocycles. The zero-order valence-corrected chi connectivity index (χ0v) is 10.4. The standard InChI is InChI=1S/C9H4BrF6NO2/c10-3-5-6(9(14,15)16)1-4(8(11,12)13)2-7(5)17(18)19/h1-2H,3H2. The average molecular weight is 352 g/mol. The first-order valence-corrected chi connectivity index (χ1v) is 5.62. The molecule has 1 aromatic carbocycles. The highest BCUT2D eigenvalue weighted by molar-refractivity contribution is 9.08. The Labute approximate surface area is 110 Å². The quantitative estimate of drug-likeness (QED) is 0.340. The number of hydrogen-bond acceptors (Lipinski definition) is 2. The number of alkyl halides is 7. The molecule has 0 N–H and O–H groups in total. The van der Waals surface area contributed by atoms with E-state index in [0.29, 0.717) is 0 Å². The number of halogens is 7. The number of nitro benzene ring substituents is 1. The lowest BCUT2D eigenvalue weighted by Crippen LogP contribution is -2.15. The van der Waals surface area contributed by atoms with Crippen molar-refractivity contribution in [2.24, 2.45) is 0 Å². The van der Waals surface area contributed by atoms with Crippen LogP contribution in [-0.4, -0.2) is 4.92 Å². The molecule has 106 valence electrons. The molecule has 0 heterocycles. The largest absolute Gasteiger partial charge is 0.416 e. The second-order valence-electron chi connectivity index (χ2n) is 3.41. The Kier molecular flexibility index (Phi) is 4.13. The molecule has 0 fully saturated rings. The van der Waals surface area contributed by atoms with E-state index >= 15 is 0 Å². The number of hydrogen-bond donors (Lipinski definition) is 0. The van der Waals surface area contributed by atoms with Gasteiger partial charge in [0, 0.05) is 11.4 Å². The summed E-state index contributed by atoms with van der Waals surface area (Å²) >= 11 is 2.61. The van der Waals surface area contributed by atoms with Gasteiger partial charge < -0.3 is 0 Å². The monoisotopic (exact) mass is 351 g/mol. The van der Waals surface area contributed by atoms with Crippen LogP contribution >= 0.6 is 15.9 Å². The lowest BCUT2D eigenvalue weighted by Gasteiger charge is -2.15. The maximum Gasteiger partial charge on any atom is 0.416 e. The van der Waals surface area contributed by atoms with Gasteiger partial charge in [-0.2, -0.15) is 26.3 Å². The smallest absolute Gasteiger partial charge is 0.258 e. The summed E-state index contributed by atoms with van der Waals surface area (Å²) in [7, 11) is 0. The lowest BCUT2D eigenvalue weighted by atomic mass is 10.0. The molecule has 0 saturated carbocycles. The van der Waals surface area contributed by atoms with Crippen molar-refractivity contribution in [1.82, 2.24) is 0 Å². The Hall–Kier alpha value is -1.32. The van der Waals surface area contributed by atoms with Crippen LogP contribution in [0.3, 0.4) is 0 Å². The Bertz CT molecular complexity index is 511. The van der Waals surface area contributed by atoms with Gasteiger partial charge in [0.2, 0.25) is 0 Å². The fourth-order valence-electron chi connectivity index (χ4n) is 1.38. The van der Waals surface area contributed by atoms with Gasteiger partial charge in [-0.15, -0.1) is 0 Å². The van der Waals surface area contributed by atoms with Crippen molar-refractivity contribution in [3.05, 3.63) is 38.9 Å². The highest BCUT2D eigenvalue weighted by Crippen LogP contribution is 2.41. The Morgan fingerprint density at radius 1 is 1.11 bits per heavy atom. The molecule has 0 radical (unpaired) electrons. The van der Waals surface area contributed by atoms with E-state index in [0.717, 1.165) is 0 Å². The summed E-state index contributed by atoms with van der Waals surface area (Å²) in [5.41, 5.74) is -5.45. The van der Waals surface area contributed by atoms with Gasteiger partial charge in [-0.3, -0.25) is 10.1 Å². The van der Waals surface area contributed by atoms with Crippen LogP contribution in [0, 0.1) is 10.1 Å². The van der Waals surface area contributed by atoms with E-state index in [1.807, 2.05) is 0 Å². The van der Waals surface area contributed by atoms with Crippen molar-refractivity contribution < 1.29 is 31.3 Å². The van der Waals surface area contributed by atoms with Crippen molar-refractivity contribution in [1.29, 1.82) is 0 Å². The molecule has 0 aliphatic rings. The van der Waals surface area contributed by atoms with Crippen LogP contribution in [0.1, 0.15) is 16.7 Å². The van der Waals surface area contributed by atoms with Crippen LogP contribution in [0.5, 0.6) is 0 Å². The van der Waals surface area contributed by atoms with Gasteiger partial charge >= 0.3 is 12.4 Å². The molecule has 10 heteroatoms. The maximum absolute atomic E-state index is 12.6. The molecule has 3 nitrogen and oxygen atoms in total. The predicted molar refractivity (Wildman–Crippen MR) is 55.7 cm³/mol. The first-order chi connectivity index (χ1) is 8.48. The van der Waals surface area contributed by atoms with E-state index in [9.17, 15) is 36.5 Å². The fraction of sp³-hybridized carbons (Fsp3) is 0.333. The normalized spacial score (nSPS) is 12.6. The van der Waals surface area contributed by atoms with E-state index in [-0.39, 0.29) is 12.1 Å². The minimum Gasteiger partial charge on any atom is -0.258 e. The molecule has 0 amide bonds. The lowest BCUT2D eigenvalue weighted by molar-refractivity contribution is -0.385. The summed E-state index contributed by atoms with van der Waals surface area (Å²) in [6, 6.07) is -0.0462. The number of rotatable bonds is 2.